The molecule has 0 aliphatic rings. The third-order valence-electron chi connectivity index (χ3n) is 2.58. The molecule has 0 unspecified atom stereocenters. The van der Waals surface area contributed by atoms with Gasteiger partial charge in [0.15, 0.2) is 0 Å². The monoisotopic (exact) mass is 356 g/mol. The molecule has 0 bridgehead atoms. The average molecular weight is 358 g/mol. The molecule has 0 aliphatic carbocycles. The molecule has 0 atom stereocenters. The van der Waals surface area contributed by atoms with Crippen LogP contribution >= 0.6 is 27.5 Å². The van der Waals surface area contributed by atoms with Crippen LogP contribution in [0.3, 0.4) is 0 Å². The summed E-state index contributed by atoms with van der Waals surface area (Å²) in [6.45, 7) is 1.74. The molecule has 1 aromatic heterocycles. The van der Waals surface area contributed by atoms with Crippen molar-refractivity contribution in [1.29, 1.82) is 0 Å². The topological polar surface area (TPSA) is 65.3 Å². The van der Waals surface area contributed by atoms with E-state index < -0.39 is 4.92 Å². The first kappa shape index (κ1) is 14.7. The Morgan fingerprint density at radius 2 is 2.20 bits per heavy atom. The average Bonchev–Trinajstić information content (AvgIpc) is 2.42. The van der Waals surface area contributed by atoms with Crippen molar-refractivity contribution in [3.8, 4) is 11.6 Å². The highest BCUT2D eigenvalue weighted by Crippen LogP contribution is 2.36. The van der Waals surface area contributed by atoms with Crippen molar-refractivity contribution >= 4 is 33.2 Å². The molecule has 0 radical (unpaired) electrons. The van der Waals surface area contributed by atoms with Crippen molar-refractivity contribution in [3.63, 3.8) is 0 Å². The highest BCUT2D eigenvalue weighted by molar-refractivity contribution is 9.10. The number of ether oxygens (including phenoxy) is 1. The lowest BCUT2D eigenvalue weighted by atomic mass is 10.2. The Hall–Kier alpha value is -1.66. The van der Waals surface area contributed by atoms with Crippen molar-refractivity contribution in [2.75, 3.05) is 0 Å². The van der Waals surface area contributed by atoms with E-state index in [1.807, 2.05) is 0 Å². The van der Waals surface area contributed by atoms with Gasteiger partial charge in [-0.3, -0.25) is 10.1 Å². The van der Waals surface area contributed by atoms with Crippen LogP contribution in [0.1, 0.15) is 11.1 Å². The van der Waals surface area contributed by atoms with Crippen molar-refractivity contribution in [3.05, 3.63) is 56.2 Å². The maximum Gasteiger partial charge on any atom is 0.313 e. The predicted octanol–water partition coefficient (Wildman–Crippen LogP) is 4.59. The minimum absolute atomic E-state index is 0.111. The van der Waals surface area contributed by atoms with Crippen LogP contribution in [0, 0.1) is 17.0 Å². The Morgan fingerprint density at radius 3 is 2.75 bits per heavy atom. The van der Waals surface area contributed by atoms with Crippen LogP contribution in [0.15, 0.2) is 34.9 Å². The van der Waals surface area contributed by atoms with Crippen LogP contribution < -0.4 is 4.74 Å². The fourth-order valence-electron chi connectivity index (χ4n) is 1.64. The van der Waals surface area contributed by atoms with E-state index >= 15 is 0 Å². The van der Waals surface area contributed by atoms with Gasteiger partial charge in [-0.05, 0) is 18.6 Å². The molecule has 1 aromatic carbocycles. The molecule has 1 heterocycles. The molecular weight excluding hydrogens is 348 g/mol. The molecule has 0 fully saturated rings. The quantitative estimate of drug-likeness (QED) is 0.456. The first-order valence-corrected chi connectivity index (χ1v) is 6.97. The number of nitro benzene ring substituents is 1. The third-order valence-corrected chi connectivity index (χ3v) is 3.34. The van der Waals surface area contributed by atoms with Crippen molar-refractivity contribution in [2.24, 2.45) is 0 Å². The molecule has 20 heavy (non-hydrogen) atoms. The van der Waals surface area contributed by atoms with Crippen LogP contribution in [0.2, 0.25) is 0 Å². The van der Waals surface area contributed by atoms with Gasteiger partial charge in [0.1, 0.15) is 0 Å². The van der Waals surface area contributed by atoms with E-state index in [1.54, 1.807) is 31.3 Å². The first-order chi connectivity index (χ1) is 9.51. The molecule has 0 aliphatic heterocycles. The molecule has 2 rings (SSSR count). The predicted molar refractivity (Wildman–Crippen MR) is 79.4 cm³/mol. The zero-order valence-corrected chi connectivity index (χ0v) is 12.8. The summed E-state index contributed by atoms with van der Waals surface area (Å²) in [5, 5.41) is 11.1. The van der Waals surface area contributed by atoms with E-state index in [1.165, 1.54) is 6.07 Å². The maximum absolute atomic E-state index is 11.1. The normalized spacial score (nSPS) is 10.3. The lowest BCUT2D eigenvalue weighted by Crippen LogP contribution is -1.97. The summed E-state index contributed by atoms with van der Waals surface area (Å²) in [5.41, 5.74) is 1.38. The van der Waals surface area contributed by atoms with Crippen molar-refractivity contribution in [2.45, 2.75) is 12.8 Å². The van der Waals surface area contributed by atoms with Gasteiger partial charge in [0.2, 0.25) is 11.6 Å². The summed E-state index contributed by atoms with van der Waals surface area (Å²) in [7, 11) is 0. The Balaban J connectivity index is 2.39. The minimum Gasteiger partial charge on any atom is -0.432 e. The SMILES string of the molecule is Cc1cc(Br)cc([N+](=O)[O-])c1Oc1ccc(CCl)cn1. The lowest BCUT2D eigenvalue weighted by molar-refractivity contribution is -0.385. The zero-order chi connectivity index (χ0) is 14.7. The van der Waals surface area contributed by atoms with E-state index in [-0.39, 0.29) is 17.3 Å². The van der Waals surface area contributed by atoms with Gasteiger partial charge in [0, 0.05) is 34.2 Å². The summed E-state index contributed by atoms with van der Waals surface area (Å²) < 4.78 is 6.16. The van der Waals surface area contributed by atoms with Gasteiger partial charge in [-0.25, -0.2) is 4.98 Å². The standard InChI is InChI=1S/C13H10BrClN2O3/c1-8-4-10(14)5-11(17(18)19)13(8)20-12-3-2-9(6-15)7-16-12/h2-5,7H,6H2,1H3. The number of aryl methyl sites for hydroxylation is 1. The second-order valence-corrected chi connectivity index (χ2v) is 5.25. The second-order valence-electron chi connectivity index (χ2n) is 4.07. The van der Waals surface area contributed by atoms with Gasteiger partial charge in [-0.1, -0.05) is 22.0 Å². The van der Waals surface area contributed by atoms with Gasteiger partial charge in [0.05, 0.1) is 4.92 Å². The molecule has 0 saturated heterocycles. The minimum atomic E-state index is -0.486. The summed E-state index contributed by atoms with van der Waals surface area (Å²) in [6, 6.07) is 6.53. The molecule has 2 aromatic rings. The Kier molecular flexibility index (Phi) is 4.57. The number of benzene rings is 1. The first-order valence-electron chi connectivity index (χ1n) is 5.64. The molecule has 0 amide bonds. The summed E-state index contributed by atoms with van der Waals surface area (Å²) in [5.74, 6) is 0.821. The van der Waals surface area contributed by atoms with Gasteiger partial charge in [0.25, 0.3) is 0 Å². The number of rotatable bonds is 4. The van der Waals surface area contributed by atoms with Crippen molar-refractivity contribution in [1.82, 2.24) is 4.98 Å². The molecule has 104 valence electrons. The number of nitro groups is 1. The Labute approximate surface area is 128 Å². The highest BCUT2D eigenvalue weighted by atomic mass is 79.9. The number of halogens is 2. The Bertz CT molecular complexity index is 647. The molecule has 7 heteroatoms. The van der Waals surface area contributed by atoms with Crippen molar-refractivity contribution < 1.29 is 9.66 Å². The summed E-state index contributed by atoms with van der Waals surface area (Å²) in [4.78, 5) is 14.7. The maximum atomic E-state index is 11.1. The second kappa shape index (κ2) is 6.19. The van der Waals surface area contributed by atoms with Crippen LogP contribution in [-0.2, 0) is 5.88 Å². The van der Waals surface area contributed by atoms with E-state index in [0.29, 0.717) is 15.9 Å². The number of pyridine rings is 1. The fourth-order valence-corrected chi connectivity index (χ4v) is 2.35. The number of aromatic nitrogens is 1. The molecule has 0 spiro atoms. The number of hydrogen-bond donors (Lipinski definition) is 0. The van der Waals surface area contributed by atoms with Gasteiger partial charge < -0.3 is 4.74 Å². The number of alkyl halides is 1. The van der Waals surface area contributed by atoms with Crippen LogP contribution in [0.5, 0.6) is 11.6 Å². The van der Waals surface area contributed by atoms with Crippen LogP contribution in [-0.4, -0.2) is 9.91 Å². The molecule has 5 nitrogen and oxygen atoms in total. The summed E-state index contributed by atoms with van der Waals surface area (Å²) >= 11 is 8.90. The fraction of sp³-hybridized carbons (Fsp3) is 0.154. The highest BCUT2D eigenvalue weighted by Gasteiger charge is 2.20. The Morgan fingerprint density at radius 1 is 1.45 bits per heavy atom. The molecular formula is C13H10BrClN2O3. The van der Waals surface area contributed by atoms with E-state index in [9.17, 15) is 10.1 Å². The zero-order valence-electron chi connectivity index (χ0n) is 10.5. The largest absolute Gasteiger partial charge is 0.432 e. The van der Waals surface area contributed by atoms with Crippen LogP contribution in [0.4, 0.5) is 5.69 Å². The van der Waals surface area contributed by atoms with E-state index in [0.717, 1.165) is 5.56 Å². The van der Waals surface area contributed by atoms with Crippen LogP contribution in [0.25, 0.3) is 0 Å². The van der Waals surface area contributed by atoms with E-state index in [2.05, 4.69) is 20.9 Å². The smallest absolute Gasteiger partial charge is 0.313 e. The molecule has 0 saturated carbocycles. The van der Waals surface area contributed by atoms with Gasteiger partial charge >= 0.3 is 5.69 Å². The third kappa shape index (κ3) is 3.26. The lowest BCUT2D eigenvalue weighted by Gasteiger charge is -2.09. The molecule has 0 N–H and O–H groups in total. The van der Waals surface area contributed by atoms with E-state index in [4.69, 9.17) is 16.3 Å². The summed E-state index contributed by atoms with van der Waals surface area (Å²) in [6.07, 6.45) is 1.57. The number of nitrogens with zero attached hydrogens (tertiary/aromatic N) is 2. The number of hydrogen-bond acceptors (Lipinski definition) is 4. The van der Waals surface area contributed by atoms with Gasteiger partial charge in [-0.15, -0.1) is 11.6 Å². The van der Waals surface area contributed by atoms with Gasteiger partial charge in [-0.2, -0.15) is 0 Å².